The van der Waals surface area contributed by atoms with Gasteiger partial charge in [0.05, 0.1) is 5.69 Å². The highest BCUT2D eigenvalue weighted by molar-refractivity contribution is 5.46. The summed E-state index contributed by atoms with van der Waals surface area (Å²) >= 11 is 0. The fourth-order valence-corrected chi connectivity index (χ4v) is 3.70. The lowest BCUT2D eigenvalue weighted by molar-refractivity contribution is 0.177. The van der Waals surface area contributed by atoms with Gasteiger partial charge < -0.3 is 10.2 Å². The number of nitrogens with zero attached hydrogens (tertiary/aromatic N) is 1. The normalized spacial score (nSPS) is 26.1. The Labute approximate surface area is 128 Å². The molecule has 1 aliphatic carbocycles. The summed E-state index contributed by atoms with van der Waals surface area (Å²) in [5.74, 6) is 2.00. The summed E-state index contributed by atoms with van der Waals surface area (Å²) in [5, 5.41) is 3.46. The number of para-hydroxylation sites is 1. The summed E-state index contributed by atoms with van der Waals surface area (Å²) in [6.07, 6.45) is 3.78. The molecule has 0 aromatic heterocycles. The van der Waals surface area contributed by atoms with Crippen molar-refractivity contribution in [1.82, 2.24) is 5.32 Å². The average molecular weight is 292 g/mol. The van der Waals surface area contributed by atoms with E-state index < -0.39 is 0 Å². The maximum absolute atomic E-state index is 13.9. The zero-order valence-electron chi connectivity index (χ0n) is 13.8. The van der Waals surface area contributed by atoms with Crippen LogP contribution in [0.5, 0.6) is 0 Å². The molecule has 0 saturated heterocycles. The summed E-state index contributed by atoms with van der Waals surface area (Å²) in [6.45, 7) is 5.56. The maximum atomic E-state index is 13.9. The Morgan fingerprint density at radius 1 is 1.29 bits per heavy atom. The van der Waals surface area contributed by atoms with Gasteiger partial charge >= 0.3 is 0 Å². The van der Waals surface area contributed by atoms with Crippen molar-refractivity contribution in [1.29, 1.82) is 0 Å². The van der Waals surface area contributed by atoms with Crippen molar-refractivity contribution in [3.8, 4) is 0 Å². The topological polar surface area (TPSA) is 15.3 Å². The van der Waals surface area contributed by atoms with Gasteiger partial charge in [-0.05, 0) is 56.2 Å². The van der Waals surface area contributed by atoms with Gasteiger partial charge in [-0.3, -0.25) is 0 Å². The monoisotopic (exact) mass is 292 g/mol. The molecule has 1 N–H and O–H groups in total. The van der Waals surface area contributed by atoms with E-state index in [4.69, 9.17) is 0 Å². The number of hydrogen-bond acceptors (Lipinski definition) is 2. The van der Waals surface area contributed by atoms with Crippen LogP contribution in [-0.2, 0) is 0 Å². The molecule has 118 valence electrons. The first-order valence-corrected chi connectivity index (χ1v) is 8.15. The van der Waals surface area contributed by atoms with Crippen molar-refractivity contribution in [3.05, 3.63) is 30.1 Å². The third kappa shape index (κ3) is 3.97. The number of halogens is 1. The van der Waals surface area contributed by atoms with Crippen molar-refractivity contribution in [3.63, 3.8) is 0 Å². The molecule has 0 spiro atoms. The number of rotatable bonds is 5. The summed E-state index contributed by atoms with van der Waals surface area (Å²) in [7, 11) is 4.06. The highest BCUT2D eigenvalue weighted by Crippen LogP contribution is 2.35. The van der Waals surface area contributed by atoms with Gasteiger partial charge in [0.15, 0.2) is 0 Å². The van der Waals surface area contributed by atoms with Crippen molar-refractivity contribution in [2.45, 2.75) is 39.2 Å². The largest absolute Gasteiger partial charge is 0.372 e. The van der Waals surface area contributed by atoms with Gasteiger partial charge in [-0.15, -0.1) is 0 Å². The van der Waals surface area contributed by atoms with Crippen LogP contribution in [0.15, 0.2) is 24.3 Å². The van der Waals surface area contributed by atoms with Crippen LogP contribution in [0, 0.1) is 23.6 Å². The second kappa shape index (κ2) is 7.26. The van der Waals surface area contributed by atoms with Crippen LogP contribution in [0.3, 0.4) is 0 Å². The predicted molar refractivity (Wildman–Crippen MR) is 88.2 cm³/mol. The molecule has 3 unspecified atom stereocenters. The molecule has 3 heteroatoms. The quantitative estimate of drug-likeness (QED) is 0.885. The lowest BCUT2D eigenvalue weighted by Gasteiger charge is -2.40. The minimum absolute atomic E-state index is 0.128. The minimum atomic E-state index is -0.128. The summed E-state index contributed by atoms with van der Waals surface area (Å²) in [4.78, 5) is 2.08. The fourth-order valence-electron chi connectivity index (χ4n) is 3.70. The van der Waals surface area contributed by atoms with E-state index in [1.165, 1.54) is 19.3 Å². The van der Waals surface area contributed by atoms with Gasteiger partial charge in [0.2, 0.25) is 0 Å². The van der Waals surface area contributed by atoms with E-state index in [0.717, 1.165) is 18.4 Å². The molecular formula is C18H29FN2. The summed E-state index contributed by atoms with van der Waals surface area (Å²) in [6, 6.07) is 7.61. The Balaban J connectivity index is 2.06. The molecule has 0 heterocycles. The number of anilines is 1. The molecule has 3 atom stereocenters. The molecule has 0 radical (unpaired) electrons. The molecule has 0 aliphatic heterocycles. The van der Waals surface area contributed by atoms with Gasteiger partial charge in [0, 0.05) is 19.6 Å². The van der Waals surface area contributed by atoms with Gasteiger partial charge in [0.25, 0.3) is 0 Å². The van der Waals surface area contributed by atoms with E-state index in [9.17, 15) is 4.39 Å². The summed E-state index contributed by atoms with van der Waals surface area (Å²) < 4.78 is 13.9. The predicted octanol–water partition coefficient (Wildman–Crippen LogP) is 3.92. The van der Waals surface area contributed by atoms with E-state index in [0.29, 0.717) is 17.6 Å². The van der Waals surface area contributed by atoms with E-state index in [1.54, 1.807) is 12.1 Å². The number of nitrogens with one attached hydrogen (secondary N) is 1. The Hall–Kier alpha value is -1.09. The minimum Gasteiger partial charge on any atom is -0.372 e. The molecular weight excluding hydrogens is 263 g/mol. The van der Waals surface area contributed by atoms with Crippen molar-refractivity contribution < 1.29 is 4.39 Å². The van der Waals surface area contributed by atoms with Crippen LogP contribution >= 0.6 is 0 Å². The second-order valence-electron chi connectivity index (χ2n) is 6.80. The first-order chi connectivity index (χ1) is 10.0. The zero-order chi connectivity index (χ0) is 15.4. The van der Waals surface area contributed by atoms with Gasteiger partial charge in [-0.2, -0.15) is 0 Å². The molecule has 1 aromatic carbocycles. The molecule has 2 nitrogen and oxygen atoms in total. The Bertz CT molecular complexity index is 447. The standard InChI is InChI=1S/C18H29FN2/c1-13(2)14-9-10-17(20-3)15(11-14)12-21(4)18-8-6-5-7-16(18)19/h5-8,13-15,17,20H,9-12H2,1-4H3. The Morgan fingerprint density at radius 3 is 2.62 bits per heavy atom. The molecule has 1 fully saturated rings. The lowest BCUT2D eigenvalue weighted by Crippen LogP contribution is -2.44. The van der Waals surface area contributed by atoms with Crippen LogP contribution < -0.4 is 10.2 Å². The third-order valence-electron chi connectivity index (χ3n) is 5.11. The van der Waals surface area contributed by atoms with Crippen molar-refractivity contribution in [2.24, 2.45) is 17.8 Å². The van der Waals surface area contributed by atoms with Gasteiger partial charge in [-0.25, -0.2) is 4.39 Å². The average Bonchev–Trinajstić information content (AvgIpc) is 2.47. The van der Waals surface area contributed by atoms with Crippen molar-refractivity contribution >= 4 is 5.69 Å². The molecule has 0 amide bonds. The molecule has 1 aromatic rings. The van der Waals surface area contributed by atoms with Crippen LogP contribution in [0.4, 0.5) is 10.1 Å². The third-order valence-corrected chi connectivity index (χ3v) is 5.11. The van der Waals surface area contributed by atoms with Crippen LogP contribution in [0.25, 0.3) is 0 Å². The summed E-state index contributed by atoms with van der Waals surface area (Å²) in [5.41, 5.74) is 0.707. The fraction of sp³-hybridized carbons (Fsp3) is 0.667. The van der Waals surface area contributed by atoms with Crippen LogP contribution in [-0.4, -0.2) is 26.7 Å². The van der Waals surface area contributed by atoms with Gasteiger partial charge in [0.1, 0.15) is 5.82 Å². The first kappa shape index (κ1) is 16.3. The highest BCUT2D eigenvalue weighted by Gasteiger charge is 2.31. The smallest absolute Gasteiger partial charge is 0.146 e. The number of benzene rings is 1. The molecule has 21 heavy (non-hydrogen) atoms. The number of hydrogen-bond donors (Lipinski definition) is 1. The first-order valence-electron chi connectivity index (χ1n) is 8.15. The Morgan fingerprint density at radius 2 is 2.00 bits per heavy atom. The zero-order valence-corrected chi connectivity index (χ0v) is 13.8. The van der Waals surface area contributed by atoms with Gasteiger partial charge in [-0.1, -0.05) is 26.0 Å². The maximum Gasteiger partial charge on any atom is 0.146 e. The second-order valence-corrected chi connectivity index (χ2v) is 6.80. The Kier molecular flexibility index (Phi) is 5.63. The lowest BCUT2D eigenvalue weighted by atomic mass is 9.73. The van der Waals surface area contributed by atoms with Crippen molar-refractivity contribution in [2.75, 3.05) is 25.5 Å². The molecule has 0 bridgehead atoms. The van der Waals surface area contributed by atoms with E-state index in [-0.39, 0.29) is 5.82 Å². The van der Waals surface area contributed by atoms with E-state index in [2.05, 4.69) is 31.1 Å². The molecule has 1 saturated carbocycles. The van der Waals surface area contributed by atoms with Crippen LogP contribution in [0.1, 0.15) is 33.1 Å². The molecule has 2 rings (SSSR count). The molecule has 1 aliphatic rings. The highest BCUT2D eigenvalue weighted by atomic mass is 19.1. The van der Waals surface area contributed by atoms with Crippen LogP contribution in [0.2, 0.25) is 0 Å². The van der Waals surface area contributed by atoms with E-state index >= 15 is 0 Å². The van der Waals surface area contributed by atoms with E-state index in [1.807, 2.05) is 19.2 Å². The SMILES string of the molecule is CNC1CCC(C(C)C)CC1CN(C)c1ccccc1F.